The maximum Gasteiger partial charge on any atom is 0.252 e. The average Bonchev–Trinajstić information content (AvgIpc) is 3.26. The van der Waals surface area contributed by atoms with Gasteiger partial charge in [-0.3, -0.25) is 9.69 Å². The number of amides is 1. The van der Waals surface area contributed by atoms with Gasteiger partial charge in [0.05, 0.1) is 6.54 Å². The van der Waals surface area contributed by atoms with E-state index < -0.39 is 0 Å². The fourth-order valence-corrected chi connectivity index (χ4v) is 3.96. The summed E-state index contributed by atoms with van der Waals surface area (Å²) in [4.78, 5) is 27.2. The monoisotopic (exact) mass is 427 g/mol. The van der Waals surface area contributed by atoms with Crippen LogP contribution in [0.3, 0.4) is 0 Å². The van der Waals surface area contributed by atoms with E-state index in [0.29, 0.717) is 29.6 Å². The summed E-state index contributed by atoms with van der Waals surface area (Å²) in [5.41, 5.74) is 7.21. The molecule has 4 N–H and O–H groups in total. The minimum absolute atomic E-state index is 0.0172. The van der Waals surface area contributed by atoms with Crippen LogP contribution in [-0.4, -0.2) is 44.9 Å². The molecule has 8 nitrogen and oxygen atoms in total. The number of piperidine rings is 1. The molecule has 4 rings (SSSR count). The van der Waals surface area contributed by atoms with E-state index in [1.165, 1.54) is 23.5 Å². The van der Waals surface area contributed by atoms with Crippen LogP contribution in [0.5, 0.6) is 0 Å². The van der Waals surface area contributed by atoms with E-state index in [0.717, 1.165) is 25.9 Å². The third-order valence-electron chi connectivity index (χ3n) is 4.87. The quantitative estimate of drug-likeness (QED) is 0.555. The second-order valence-corrected chi connectivity index (χ2v) is 7.88. The first kappa shape index (κ1) is 20.2. The fraction of sp³-hybridized carbons (Fsp3) is 0.300. The highest BCUT2D eigenvalue weighted by Crippen LogP contribution is 2.17. The van der Waals surface area contributed by atoms with Crippen molar-refractivity contribution in [1.29, 1.82) is 0 Å². The zero-order chi connectivity index (χ0) is 20.9. The van der Waals surface area contributed by atoms with Crippen LogP contribution in [0.2, 0.25) is 0 Å². The molecule has 156 valence electrons. The van der Waals surface area contributed by atoms with Crippen LogP contribution in [0.4, 0.5) is 22.0 Å². The van der Waals surface area contributed by atoms with Crippen LogP contribution in [0.15, 0.2) is 41.1 Å². The Morgan fingerprint density at radius 3 is 2.63 bits per heavy atom. The van der Waals surface area contributed by atoms with Crippen molar-refractivity contribution in [3.05, 3.63) is 58.3 Å². The van der Waals surface area contributed by atoms with Crippen LogP contribution >= 0.6 is 11.3 Å². The smallest absolute Gasteiger partial charge is 0.252 e. The number of nitrogen functional groups attached to an aromatic ring is 1. The van der Waals surface area contributed by atoms with E-state index >= 15 is 0 Å². The molecule has 0 unspecified atom stereocenters. The summed E-state index contributed by atoms with van der Waals surface area (Å²) in [5, 5.41) is 9.87. The molecule has 1 aromatic carbocycles. The molecule has 30 heavy (non-hydrogen) atoms. The molecular formula is C20H22FN7OS. The van der Waals surface area contributed by atoms with Gasteiger partial charge in [0.2, 0.25) is 11.9 Å². The number of benzene rings is 1. The zero-order valence-electron chi connectivity index (χ0n) is 16.2. The Balaban J connectivity index is 1.32. The van der Waals surface area contributed by atoms with Crippen molar-refractivity contribution in [3.8, 4) is 0 Å². The fourth-order valence-electron chi connectivity index (χ4n) is 3.32. The number of thiophene rings is 1. The molecule has 0 radical (unpaired) electrons. The molecule has 10 heteroatoms. The van der Waals surface area contributed by atoms with Crippen molar-refractivity contribution in [2.75, 3.05) is 24.1 Å². The molecule has 2 aromatic heterocycles. The number of halogens is 1. The largest absolute Gasteiger partial charge is 0.368 e. The zero-order valence-corrected chi connectivity index (χ0v) is 17.0. The summed E-state index contributed by atoms with van der Waals surface area (Å²) < 4.78 is 13.1. The lowest BCUT2D eigenvalue weighted by Gasteiger charge is -2.31. The molecule has 3 aromatic rings. The molecule has 1 saturated heterocycles. The lowest BCUT2D eigenvalue weighted by molar-refractivity contribution is 0.0908. The van der Waals surface area contributed by atoms with Crippen LogP contribution in [0.1, 0.15) is 29.0 Å². The third-order valence-corrected chi connectivity index (χ3v) is 5.55. The van der Waals surface area contributed by atoms with E-state index in [1.54, 1.807) is 12.1 Å². The number of anilines is 3. The van der Waals surface area contributed by atoms with Gasteiger partial charge >= 0.3 is 0 Å². The number of aromatic nitrogens is 3. The summed E-state index contributed by atoms with van der Waals surface area (Å²) in [6.07, 6.45) is 1.72. The van der Waals surface area contributed by atoms with Crippen molar-refractivity contribution in [3.63, 3.8) is 0 Å². The Kier molecular flexibility index (Phi) is 6.15. The predicted octanol–water partition coefficient (Wildman–Crippen LogP) is 2.79. The molecule has 0 spiro atoms. The molecule has 0 saturated carbocycles. The molecule has 1 aliphatic heterocycles. The highest BCUT2D eigenvalue weighted by Gasteiger charge is 2.22. The molecule has 3 heterocycles. The SMILES string of the molecule is Nc1nc(CN2CCC(NC(=O)c3ccsc3)CC2)nc(Nc2ccc(F)cc2)n1. The summed E-state index contributed by atoms with van der Waals surface area (Å²) in [5.74, 6) is 0.681. The summed E-state index contributed by atoms with van der Waals surface area (Å²) in [7, 11) is 0. The lowest BCUT2D eigenvalue weighted by atomic mass is 10.0. The Morgan fingerprint density at radius 1 is 1.17 bits per heavy atom. The van der Waals surface area contributed by atoms with Gasteiger partial charge in [-0.2, -0.15) is 26.3 Å². The molecule has 1 aliphatic rings. The Morgan fingerprint density at radius 2 is 1.93 bits per heavy atom. The first-order chi connectivity index (χ1) is 14.5. The normalized spacial score (nSPS) is 15.1. The minimum atomic E-state index is -0.314. The maximum atomic E-state index is 13.1. The van der Waals surface area contributed by atoms with Crippen LogP contribution in [-0.2, 0) is 6.54 Å². The van der Waals surface area contributed by atoms with Gasteiger partial charge in [0.25, 0.3) is 5.91 Å². The third kappa shape index (κ3) is 5.28. The average molecular weight is 428 g/mol. The highest BCUT2D eigenvalue weighted by atomic mass is 32.1. The summed E-state index contributed by atoms with van der Waals surface area (Å²) in [6, 6.07) is 7.91. The number of nitrogens with one attached hydrogen (secondary N) is 2. The first-order valence-electron chi connectivity index (χ1n) is 9.63. The van der Waals surface area contributed by atoms with Gasteiger partial charge in [0.15, 0.2) is 0 Å². The summed E-state index contributed by atoms with van der Waals surface area (Å²) >= 11 is 1.51. The van der Waals surface area contributed by atoms with Gasteiger partial charge in [-0.1, -0.05) is 0 Å². The number of rotatable bonds is 6. The minimum Gasteiger partial charge on any atom is -0.368 e. The topological polar surface area (TPSA) is 109 Å². The van der Waals surface area contributed by atoms with E-state index in [9.17, 15) is 9.18 Å². The molecule has 0 bridgehead atoms. The molecule has 0 atom stereocenters. The van der Waals surface area contributed by atoms with Crippen molar-refractivity contribution in [2.24, 2.45) is 0 Å². The van der Waals surface area contributed by atoms with E-state index in [1.807, 2.05) is 16.8 Å². The van der Waals surface area contributed by atoms with Crippen LogP contribution in [0.25, 0.3) is 0 Å². The highest BCUT2D eigenvalue weighted by molar-refractivity contribution is 7.08. The standard InChI is InChI=1S/C20H22FN7OS/c21-14-1-3-15(4-2-14)24-20-26-17(25-19(22)27-20)11-28-8-5-16(6-9-28)23-18(29)13-7-10-30-12-13/h1-4,7,10,12,16H,5-6,8-9,11H2,(H,23,29)(H3,22,24,25,26,27). The van der Waals surface area contributed by atoms with Gasteiger partial charge < -0.3 is 16.4 Å². The molecule has 1 amide bonds. The number of likely N-dealkylation sites (tertiary alicyclic amines) is 1. The molecule has 1 fully saturated rings. The molecular weight excluding hydrogens is 405 g/mol. The lowest BCUT2D eigenvalue weighted by Crippen LogP contribution is -2.44. The van der Waals surface area contributed by atoms with Crippen LogP contribution in [0, 0.1) is 5.82 Å². The van der Waals surface area contributed by atoms with Crippen molar-refractivity contribution in [1.82, 2.24) is 25.2 Å². The Bertz CT molecular complexity index is 989. The number of nitrogens with two attached hydrogens (primary N) is 1. The Hall–Kier alpha value is -3.11. The maximum absolute atomic E-state index is 13.1. The van der Waals surface area contributed by atoms with Crippen molar-refractivity contribution >= 4 is 34.8 Å². The predicted molar refractivity (Wildman–Crippen MR) is 114 cm³/mol. The van der Waals surface area contributed by atoms with Crippen molar-refractivity contribution in [2.45, 2.75) is 25.4 Å². The second kappa shape index (κ2) is 9.14. The van der Waals surface area contributed by atoms with Gasteiger partial charge in [-0.25, -0.2) is 4.39 Å². The second-order valence-electron chi connectivity index (χ2n) is 7.10. The van der Waals surface area contributed by atoms with Crippen LogP contribution < -0.4 is 16.4 Å². The van der Waals surface area contributed by atoms with Gasteiger partial charge in [0.1, 0.15) is 11.6 Å². The number of carbonyl (C=O) groups is 1. The van der Waals surface area contributed by atoms with Gasteiger partial charge in [-0.05, 0) is 48.6 Å². The number of hydrogen-bond donors (Lipinski definition) is 3. The first-order valence-corrected chi connectivity index (χ1v) is 10.6. The van der Waals surface area contributed by atoms with Gasteiger partial charge in [0, 0.05) is 35.8 Å². The summed E-state index contributed by atoms with van der Waals surface area (Å²) in [6.45, 7) is 2.18. The Labute approximate surface area is 177 Å². The van der Waals surface area contributed by atoms with Crippen molar-refractivity contribution < 1.29 is 9.18 Å². The number of carbonyl (C=O) groups excluding carboxylic acids is 1. The number of hydrogen-bond acceptors (Lipinski definition) is 8. The van der Waals surface area contributed by atoms with Gasteiger partial charge in [-0.15, -0.1) is 0 Å². The van der Waals surface area contributed by atoms with E-state index in [2.05, 4.69) is 30.5 Å². The molecule has 0 aliphatic carbocycles. The van der Waals surface area contributed by atoms with E-state index in [4.69, 9.17) is 5.73 Å². The number of nitrogens with zero attached hydrogens (tertiary/aromatic N) is 4. The van der Waals surface area contributed by atoms with E-state index in [-0.39, 0.29) is 23.7 Å².